The van der Waals surface area contributed by atoms with Crippen LogP contribution in [-0.4, -0.2) is 10.4 Å². The van der Waals surface area contributed by atoms with Gasteiger partial charge in [-0.1, -0.05) is 13.8 Å². The molecule has 0 aromatic heterocycles. The molecule has 0 saturated heterocycles. The topological polar surface area (TPSA) is 12.0 Å². The standard InChI is InChI=1S/C8H7N.C2H6.W/c1-2-4-8-7(3-1)5-6-9-8;1-2;/h1-4,9H,6H2;1-2H3;. The fourth-order valence-corrected chi connectivity index (χ4v) is 2.05. The van der Waals surface area contributed by atoms with Crippen molar-refractivity contribution in [1.29, 1.82) is 0 Å². The van der Waals surface area contributed by atoms with Gasteiger partial charge in [-0.25, -0.2) is 0 Å². The Morgan fingerprint density at radius 3 is 2.58 bits per heavy atom. The average Bonchev–Trinajstić information content (AvgIpc) is 2.53. The molecule has 1 N–H and O–H groups in total. The van der Waals surface area contributed by atoms with Gasteiger partial charge in [-0.15, -0.1) is 0 Å². The van der Waals surface area contributed by atoms with Crippen molar-refractivity contribution in [2.45, 2.75) is 13.8 Å². The molecule has 1 aliphatic rings. The number of rotatable bonds is 0. The zero-order valence-corrected chi connectivity index (χ0v) is 10.4. The molecule has 64 valence electrons. The first-order valence-electron chi connectivity index (χ1n) is 4.24. The maximum absolute atomic E-state index is 3.33. The Bertz CT molecular complexity index is 281. The van der Waals surface area contributed by atoms with E-state index in [1.807, 2.05) is 13.8 Å². The van der Waals surface area contributed by atoms with E-state index in [1.54, 1.807) is 19.4 Å². The number of benzene rings is 1. The first-order valence-corrected chi connectivity index (χ1v) is 5.71. The van der Waals surface area contributed by atoms with Crippen LogP contribution in [0.1, 0.15) is 19.4 Å². The summed E-state index contributed by atoms with van der Waals surface area (Å²) in [7, 11) is 0. The van der Waals surface area contributed by atoms with Crippen LogP contribution < -0.4 is 5.32 Å². The van der Waals surface area contributed by atoms with E-state index in [9.17, 15) is 0 Å². The Morgan fingerprint density at radius 2 is 1.92 bits per heavy atom. The van der Waals surface area contributed by atoms with Gasteiger partial charge in [0.25, 0.3) is 0 Å². The Hall–Kier alpha value is -0.422. The molecule has 0 bridgehead atoms. The third-order valence-corrected chi connectivity index (χ3v) is 2.98. The Kier molecular flexibility index (Phi) is 3.68. The molecule has 1 aliphatic heterocycles. The minimum absolute atomic E-state index is 1.05. The molecule has 0 aliphatic carbocycles. The molecular weight excluding hydrogens is 318 g/mol. The predicted molar refractivity (Wildman–Crippen MR) is 50.4 cm³/mol. The van der Waals surface area contributed by atoms with Crippen molar-refractivity contribution in [1.82, 2.24) is 0 Å². The van der Waals surface area contributed by atoms with Crippen molar-refractivity contribution in [3.63, 3.8) is 0 Å². The summed E-state index contributed by atoms with van der Waals surface area (Å²) < 4.78 is 1.52. The first-order chi connectivity index (χ1) is 5.88. The molecule has 1 nitrogen and oxygen atoms in total. The average molecular weight is 331 g/mol. The quantitative estimate of drug-likeness (QED) is 0.769. The number of anilines is 1. The zero-order valence-electron chi connectivity index (χ0n) is 7.42. The van der Waals surface area contributed by atoms with Crippen LogP contribution in [0.5, 0.6) is 0 Å². The molecule has 0 unspecified atom stereocenters. The summed E-state index contributed by atoms with van der Waals surface area (Å²) in [6.07, 6.45) is 0. The molecule has 0 spiro atoms. The van der Waals surface area contributed by atoms with Crippen LogP contribution in [0.2, 0.25) is 0 Å². The predicted octanol–water partition coefficient (Wildman–Crippen LogP) is 2.21. The third kappa shape index (κ3) is 1.84. The molecule has 0 atom stereocenters. The van der Waals surface area contributed by atoms with E-state index in [2.05, 4.69) is 29.6 Å². The van der Waals surface area contributed by atoms with Crippen molar-refractivity contribution in [2.75, 3.05) is 11.9 Å². The van der Waals surface area contributed by atoms with E-state index in [1.165, 1.54) is 15.1 Å². The van der Waals surface area contributed by atoms with Gasteiger partial charge in [0.15, 0.2) is 0 Å². The fourth-order valence-electron chi connectivity index (χ4n) is 1.15. The Morgan fingerprint density at radius 1 is 1.25 bits per heavy atom. The molecule has 1 aromatic rings. The van der Waals surface area contributed by atoms with Crippen molar-refractivity contribution < 1.29 is 19.4 Å². The summed E-state index contributed by atoms with van der Waals surface area (Å²) in [4.78, 5) is 0. The van der Waals surface area contributed by atoms with Gasteiger partial charge >= 0.3 is 70.6 Å². The molecule has 12 heavy (non-hydrogen) atoms. The molecule has 0 amide bonds. The molecular formula is C10H13NW. The van der Waals surface area contributed by atoms with E-state index >= 15 is 0 Å². The van der Waals surface area contributed by atoms with Crippen LogP contribution in [0, 0.1) is 0 Å². The number of nitrogens with one attached hydrogen (secondary N) is 1. The summed E-state index contributed by atoms with van der Waals surface area (Å²) in [5, 5.41) is 3.33. The van der Waals surface area contributed by atoms with Gasteiger partial charge in [-0.2, -0.15) is 0 Å². The van der Waals surface area contributed by atoms with E-state index in [0.717, 1.165) is 6.54 Å². The van der Waals surface area contributed by atoms with Crippen LogP contribution in [0.25, 0.3) is 0 Å². The van der Waals surface area contributed by atoms with Gasteiger partial charge in [0.1, 0.15) is 0 Å². The van der Waals surface area contributed by atoms with Gasteiger partial charge in [-0.3, -0.25) is 0 Å². The number of fused-ring (bicyclic) bond motifs is 1. The van der Waals surface area contributed by atoms with Crippen LogP contribution in [0.15, 0.2) is 24.3 Å². The van der Waals surface area contributed by atoms with Gasteiger partial charge in [0.05, 0.1) is 0 Å². The van der Waals surface area contributed by atoms with Gasteiger partial charge in [0, 0.05) is 0 Å². The molecule has 0 radical (unpaired) electrons. The summed E-state index contributed by atoms with van der Waals surface area (Å²) in [5.74, 6) is 0. The van der Waals surface area contributed by atoms with E-state index in [4.69, 9.17) is 0 Å². The normalized spacial score (nSPS) is 12.7. The monoisotopic (exact) mass is 331 g/mol. The van der Waals surface area contributed by atoms with Crippen LogP contribution >= 0.6 is 0 Å². The Labute approximate surface area is 84.6 Å². The molecule has 0 fully saturated rings. The molecule has 2 rings (SSSR count). The number of hydrogen-bond acceptors (Lipinski definition) is 1. The van der Waals surface area contributed by atoms with Crippen LogP contribution in [0.3, 0.4) is 0 Å². The van der Waals surface area contributed by atoms with Crippen molar-refractivity contribution in [3.05, 3.63) is 29.8 Å². The summed E-state index contributed by atoms with van der Waals surface area (Å²) in [6, 6.07) is 8.47. The zero-order chi connectivity index (χ0) is 8.97. The van der Waals surface area contributed by atoms with Gasteiger partial charge < -0.3 is 0 Å². The molecule has 1 heterocycles. The van der Waals surface area contributed by atoms with Crippen molar-refractivity contribution >= 4 is 9.59 Å². The van der Waals surface area contributed by atoms with E-state index in [0.29, 0.717) is 0 Å². The fraction of sp³-hybridized carbons (Fsp3) is 0.300. The van der Waals surface area contributed by atoms with Crippen molar-refractivity contribution in [2.24, 2.45) is 0 Å². The van der Waals surface area contributed by atoms with Crippen LogP contribution in [0.4, 0.5) is 5.69 Å². The minimum atomic E-state index is 1.05. The molecule has 2 heteroatoms. The summed E-state index contributed by atoms with van der Waals surface area (Å²) >= 11 is 1.58. The van der Waals surface area contributed by atoms with Gasteiger partial charge in [-0.05, 0) is 0 Å². The van der Waals surface area contributed by atoms with Crippen LogP contribution in [-0.2, 0) is 19.4 Å². The second-order valence-electron chi connectivity index (χ2n) is 2.32. The second kappa shape index (κ2) is 4.57. The Balaban J connectivity index is 0.000000336. The SMILES string of the molecule is CC.[W]=[C]1CNc2ccccc21. The summed E-state index contributed by atoms with van der Waals surface area (Å²) in [5.41, 5.74) is 2.71. The van der Waals surface area contributed by atoms with Gasteiger partial charge in [0.2, 0.25) is 0 Å². The van der Waals surface area contributed by atoms with Crippen molar-refractivity contribution in [3.8, 4) is 0 Å². The molecule has 1 aromatic carbocycles. The number of hydrogen-bond donors (Lipinski definition) is 1. The third-order valence-electron chi connectivity index (χ3n) is 1.67. The van der Waals surface area contributed by atoms with E-state index in [-0.39, 0.29) is 0 Å². The number of para-hydroxylation sites is 1. The second-order valence-corrected chi connectivity index (χ2v) is 4.09. The molecule has 0 saturated carbocycles. The van der Waals surface area contributed by atoms with E-state index < -0.39 is 0 Å². The first kappa shape index (κ1) is 9.66. The summed E-state index contributed by atoms with van der Waals surface area (Å²) in [6.45, 7) is 5.05. The maximum atomic E-state index is 3.33.